The van der Waals surface area contributed by atoms with Crippen molar-refractivity contribution in [2.24, 2.45) is 23.2 Å². The van der Waals surface area contributed by atoms with Gasteiger partial charge in [0.2, 0.25) is 0 Å². The van der Waals surface area contributed by atoms with Crippen LogP contribution in [0.3, 0.4) is 0 Å². The first-order valence-electron chi connectivity index (χ1n) is 5.71. The van der Waals surface area contributed by atoms with E-state index in [2.05, 4.69) is 58.8 Å². The summed E-state index contributed by atoms with van der Waals surface area (Å²) in [7, 11) is 4.32. The topological polar surface area (TPSA) is 3.24 Å². The van der Waals surface area contributed by atoms with Gasteiger partial charge < -0.3 is 4.90 Å². The lowest BCUT2D eigenvalue weighted by Crippen LogP contribution is -2.41. The van der Waals surface area contributed by atoms with Gasteiger partial charge in [-0.05, 0) is 31.8 Å². The van der Waals surface area contributed by atoms with Crippen LogP contribution in [0.25, 0.3) is 0 Å². The maximum Gasteiger partial charge on any atom is 0.00666 e. The molecule has 0 saturated carbocycles. The Labute approximate surface area is 89.2 Å². The van der Waals surface area contributed by atoms with E-state index in [0.29, 0.717) is 5.41 Å². The van der Waals surface area contributed by atoms with E-state index in [0.717, 1.165) is 24.3 Å². The number of nitrogens with zero attached hydrogens (tertiary/aromatic N) is 1. The Morgan fingerprint density at radius 3 is 2.29 bits per heavy atom. The van der Waals surface area contributed by atoms with Gasteiger partial charge in [0.1, 0.15) is 0 Å². The molecule has 14 heavy (non-hydrogen) atoms. The molecule has 0 bridgehead atoms. The molecule has 0 aromatic heterocycles. The van der Waals surface area contributed by atoms with Crippen molar-refractivity contribution in [3.8, 4) is 0 Å². The van der Waals surface area contributed by atoms with Crippen LogP contribution < -0.4 is 0 Å². The van der Waals surface area contributed by atoms with Crippen LogP contribution in [0.1, 0.15) is 27.7 Å². The quantitative estimate of drug-likeness (QED) is 0.612. The van der Waals surface area contributed by atoms with Crippen molar-refractivity contribution in [3.63, 3.8) is 0 Å². The van der Waals surface area contributed by atoms with Crippen LogP contribution in [0.15, 0.2) is 12.2 Å². The minimum atomic E-state index is 0.357. The molecule has 0 heterocycles. The Morgan fingerprint density at radius 1 is 1.21 bits per heavy atom. The highest BCUT2D eigenvalue weighted by Gasteiger charge is 2.37. The molecule has 1 aliphatic carbocycles. The molecule has 0 saturated heterocycles. The lowest BCUT2D eigenvalue weighted by atomic mass is 9.64. The molecule has 1 rings (SSSR count). The smallest absolute Gasteiger partial charge is 0.00666 e. The largest absolute Gasteiger partial charge is 0.309 e. The van der Waals surface area contributed by atoms with E-state index in [9.17, 15) is 0 Å². The molecular formula is C13H25N. The SMILES string of the molecule is CC1C=CC(C)(CN(C)C)C(C)C1C. The molecule has 1 aliphatic rings. The lowest BCUT2D eigenvalue weighted by molar-refractivity contribution is 0.118. The number of hydrogen-bond acceptors (Lipinski definition) is 1. The van der Waals surface area contributed by atoms with Crippen molar-refractivity contribution in [1.82, 2.24) is 4.90 Å². The highest BCUT2D eigenvalue weighted by Crippen LogP contribution is 2.42. The van der Waals surface area contributed by atoms with Gasteiger partial charge in [0.05, 0.1) is 0 Å². The van der Waals surface area contributed by atoms with Crippen molar-refractivity contribution < 1.29 is 0 Å². The summed E-state index contributed by atoms with van der Waals surface area (Å²) in [6, 6.07) is 0. The second-order valence-electron chi connectivity index (χ2n) is 5.61. The minimum absolute atomic E-state index is 0.357. The zero-order chi connectivity index (χ0) is 10.9. The second-order valence-corrected chi connectivity index (χ2v) is 5.61. The van der Waals surface area contributed by atoms with Crippen LogP contribution in [-0.2, 0) is 0 Å². The first-order chi connectivity index (χ1) is 6.37. The van der Waals surface area contributed by atoms with Crippen LogP contribution in [0.2, 0.25) is 0 Å². The maximum atomic E-state index is 2.43. The number of hydrogen-bond donors (Lipinski definition) is 0. The molecule has 0 amide bonds. The summed E-state index contributed by atoms with van der Waals surface area (Å²) in [6.45, 7) is 10.6. The molecule has 0 aromatic rings. The van der Waals surface area contributed by atoms with Gasteiger partial charge in [-0.3, -0.25) is 0 Å². The molecule has 0 N–H and O–H groups in total. The molecule has 82 valence electrons. The van der Waals surface area contributed by atoms with Gasteiger partial charge in [0.15, 0.2) is 0 Å². The van der Waals surface area contributed by atoms with Gasteiger partial charge in [0, 0.05) is 12.0 Å². The number of allylic oxidation sites excluding steroid dienone is 1. The summed E-state index contributed by atoms with van der Waals surface area (Å²) in [5, 5.41) is 0. The predicted molar refractivity (Wildman–Crippen MR) is 63.3 cm³/mol. The molecule has 1 heteroatoms. The third-order valence-corrected chi connectivity index (χ3v) is 4.10. The van der Waals surface area contributed by atoms with Gasteiger partial charge >= 0.3 is 0 Å². The Bertz CT molecular complexity index is 219. The summed E-state index contributed by atoms with van der Waals surface area (Å²) in [4.78, 5) is 2.30. The van der Waals surface area contributed by atoms with Gasteiger partial charge in [-0.25, -0.2) is 0 Å². The highest BCUT2D eigenvalue weighted by molar-refractivity contribution is 5.09. The highest BCUT2D eigenvalue weighted by atomic mass is 15.1. The Kier molecular flexibility index (Phi) is 3.41. The molecule has 4 atom stereocenters. The first-order valence-corrected chi connectivity index (χ1v) is 5.71. The van der Waals surface area contributed by atoms with Crippen LogP contribution >= 0.6 is 0 Å². The van der Waals surface area contributed by atoms with Crippen molar-refractivity contribution >= 4 is 0 Å². The van der Waals surface area contributed by atoms with Crippen LogP contribution in [0.5, 0.6) is 0 Å². The van der Waals surface area contributed by atoms with Crippen LogP contribution in [0, 0.1) is 23.2 Å². The molecule has 0 radical (unpaired) electrons. The standard InChI is InChI=1S/C13H25N/c1-10-7-8-13(4,9-14(5)6)12(3)11(10)2/h7-8,10-12H,9H2,1-6H3. The molecular weight excluding hydrogens is 170 g/mol. The van der Waals surface area contributed by atoms with Crippen molar-refractivity contribution in [2.75, 3.05) is 20.6 Å². The normalized spacial score (nSPS) is 43.2. The fraction of sp³-hybridized carbons (Fsp3) is 0.846. The van der Waals surface area contributed by atoms with Crippen molar-refractivity contribution in [3.05, 3.63) is 12.2 Å². The minimum Gasteiger partial charge on any atom is -0.309 e. The Hall–Kier alpha value is -0.300. The summed E-state index contributed by atoms with van der Waals surface area (Å²) in [5.74, 6) is 2.30. The summed E-state index contributed by atoms with van der Waals surface area (Å²) in [5.41, 5.74) is 0.357. The Balaban J connectivity index is 2.83. The van der Waals surface area contributed by atoms with Gasteiger partial charge in [-0.15, -0.1) is 0 Å². The van der Waals surface area contributed by atoms with Crippen molar-refractivity contribution in [2.45, 2.75) is 27.7 Å². The third-order valence-electron chi connectivity index (χ3n) is 4.10. The van der Waals surface area contributed by atoms with E-state index in [1.54, 1.807) is 0 Å². The summed E-state index contributed by atoms with van der Waals surface area (Å²) in [6.07, 6.45) is 4.83. The van der Waals surface area contributed by atoms with Gasteiger partial charge in [-0.2, -0.15) is 0 Å². The predicted octanol–water partition coefficient (Wildman–Crippen LogP) is 3.03. The third kappa shape index (κ3) is 2.20. The van der Waals surface area contributed by atoms with E-state index >= 15 is 0 Å². The van der Waals surface area contributed by atoms with Gasteiger partial charge in [0.25, 0.3) is 0 Å². The van der Waals surface area contributed by atoms with Crippen molar-refractivity contribution in [1.29, 1.82) is 0 Å². The maximum absolute atomic E-state index is 2.43. The monoisotopic (exact) mass is 195 g/mol. The fourth-order valence-electron chi connectivity index (χ4n) is 2.63. The van der Waals surface area contributed by atoms with Crippen LogP contribution in [0.4, 0.5) is 0 Å². The number of rotatable bonds is 2. The first kappa shape index (κ1) is 11.8. The molecule has 4 unspecified atom stereocenters. The van der Waals surface area contributed by atoms with E-state index in [1.165, 1.54) is 0 Å². The average molecular weight is 195 g/mol. The molecule has 1 nitrogen and oxygen atoms in total. The van der Waals surface area contributed by atoms with E-state index < -0.39 is 0 Å². The van der Waals surface area contributed by atoms with Crippen LogP contribution in [-0.4, -0.2) is 25.5 Å². The second kappa shape index (κ2) is 4.06. The lowest BCUT2D eigenvalue weighted by Gasteiger charge is -2.43. The molecule has 0 spiro atoms. The Morgan fingerprint density at radius 2 is 1.79 bits per heavy atom. The molecule has 0 aliphatic heterocycles. The summed E-state index contributed by atoms with van der Waals surface area (Å²) < 4.78 is 0. The summed E-state index contributed by atoms with van der Waals surface area (Å²) >= 11 is 0. The van der Waals surface area contributed by atoms with E-state index in [1.807, 2.05) is 0 Å². The fourth-order valence-corrected chi connectivity index (χ4v) is 2.63. The zero-order valence-corrected chi connectivity index (χ0v) is 10.5. The zero-order valence-electron chi connectivity index (χ0n) is 10.5. The van der Waals surface area contributed by atoms with E-state index in [-0.39, 0.29) is 0 Å². The molecule has 0 aromatic carbocycles. The molecule has 0 fully saturated rings. The average Bonchev–Trinajstić information content (AvgIpc) is 2.08. The van der Waals surface area contributed by atoms with E-state index in [4.69, 9.17) is 0 Å². The van der Waals surface area contributed by atoms with Gasteiger partial charge in [-0.1, -0.05) is 39.8 Å².